The van der Waals surface area contributed by atoms with Crippen molar-refractivity contribution in [3.63, 3.8) is 0 Å². The third kappa shape index (κ3) is 2.31. The molecule has 0 saturated heterocycles. The van der Waals surface area contributed by atoms with E-state index in [0.29, 0.717) is 17.9 Å². The van der Waals surface area contributed by atoms with Crippen molar-refractivity contribution in [1.29, 1.82) is 0 Å². The Kier molecular flexibility index (Phi) is 3.43. The molecular weight excluding hydrogens is 241 g/mol. The highest BCUT2D eigenvalue weighted by Gasteiger charge is 2.14. The Morgan fingerprint density at radius 2 is 2.12 bits per heavy atom. The van der Waals surface area contributed by atoms with E-state index in [4.69, 9.17) is 11.6 Å². The minimum Gasteiger partial charge on any atom is -0.267 e. The summed E-state index contributed by atoms with van der Waals surface area (Å²) in [6.45, 7) is 3.87. The molecule has 2 aromatic rings. The van der Waals surface area contributed by atoms with Gasteiger partial charge in [0.1, 0.15) is 11.6 Å². The molecule has 0 saturated carbocycles. The second-order valence-corrected chi connectivity index (χ2v) is 4.26. The van der Waals surface area contributed by atoms with Gasteiger partial charge in [0.25, 0.3) is 0 Å². The first-order chi connectivity index (χ1) is 8.13. The van der Waals surface area contributed by atoms with E-state index in [9.17, 15) is 4.39 Å². The Labute approximate surface area is 104 Å². The van der Waals surface area contributed by atoms with Gasteiger partial charge in [-0.15, -0.1) is 10.2 Å². The number of aryl methyl sites for hydroxylation is 2. The van der Waals surface area contributed by atoms with E-state index in [1.165, 1.54) is 6.07 Å². The summed E-state index contributed by atoms with van der Waals surface area (Å²) < 4.78 is 15.4. The van der Waals surface area contributed by atoms with Crippen LogP contribution in [0.25, 0.3) is 5.69 Å². The second kappa shape index (κ2) is 4.84. The third-order valence-electron chi connectivity index (χ3n) is 2.51. The highest BCUT2D eigenvalue weighted by Crippen LogP contribution is 2.21. The minimum atomic E-state index is -0.316. The number of benzene rings is 1. The highest BCUT2D eigenvalue weighted by molar-refractivity contribution is 6.28. The van der Waals surface area contributed by atoms with Crippen molar-refractivity contribution >= 4 is 11.6 Å². The maximum Gasteiger partial charge on any atom is 0.229 e. The first kappa shape index (κ1) is 12.0. The quantitative estimate of drug-likeness (QED) is 0.840. The molecule has 0 radical (unpaired) electrons. The molecule has 0 fully saturated rings. The van der Waals surface area contributed by atoms with Crippen LogP contribution in [-0.2, 0) is 6.42 Å². The summed E-state index contributed by atoms with van der Waals surface area (Å²) in [7, 11) is 0. The molecule has 2 rings (SSSR count). The summed E-state index contributed by atoms with van der Waals surface area (Å²) in [5.41, 5.74) is 1.27. The summed E-state index contributed by atoms with van der Waals surface area (Å²) in [6.07, 6.45) is 1.62. The largest absolute Gasteiger partial charge is 0.267 e. The van der Waals surface area contributed by atoms with Crippen molar-refractivity contribution < 1.29 is 4.39 Å². The first-order valence-corrected chi connectivity index (χ1v) is 5.87. The van der Waals surface area contributed by atoms with E-state index in [1.807, 2.05) is 19.9 Å². The molecule has 0 amide bonds. The zero-order chi connectivity index (χ0) is 12.4. The molecule has 1 aromatic heterocycles. The fraction of sp³-hybridized carbons (Fsp3) is 0.333. The minimum absolute atomic E-state index is 0.191. The fourth-order valence-corrected chi connectivity index (χ4v) is 1.94. The molecule has 0 N–H and O–H groups in total. The van der Waals surface area contributed by atoms with Gasteiger partial charge in [-0.05, 0) is 42.6 Å². The average molecular weight is 254 g/mol. The van der Waals surface area contributed by atoms with Gasteiger partial charge in [0, 0.05) is 6.42 Å². The lowest BCUT2D eigenvalue weighted by Crippen LogP contribution is -2.04. The van der Waals surface area contributed by atoms with Gasteiger partial charge in [0.2, 0.25) is 5.28 Å². The topological polar surface area (TPSA) is 30.7 Å². The van der Waals surface area contributed by atoms with Gasteiger partial charge in [-0.3, -0.25) is 4.57 Å². The highest BCUT2D eigenvalue weighted by atomic mass is 35.5. The van der Waals surface area contributed by atoms with Gasteiger partial charge >= 0.3 is 0 Å². The van der Waals surface area contributed by atoms with E-state index in [-0.39, 0.29) is 11.1 Å². The predicted octanol–water partition coefficient (Wildman–Crippen LogP) is 3.32. The van der Waals surface area contributed by atoms with E-state index in [1.54, 1.807) is 10.6 Å². The van der Waals surface area contributed by atoms with Crippen LogP contribution in [0.5, 0.6) is 0 Å². The Bertz CT molecular complexity index is 537. The SMILES string of the molecule is CCCc1nnc(Cl)n1-c1ccc(C)cc1F. The Morgan fingerprint density at radius 3 is 2.76 bits per heavy atom. The van der Waals surface area contributed by atoms with Crippen LogP contribution in [0.3, 0.4) is 0 Å². The average Bonchev–Trinajstić information content (AvgIpc) is 2.62. The number of aromatic nitrogens is 3. The molecule has 0 bridgehead atoms. The summed E-state index contributed by atoms with van der Waals surface area (Å²) in [5, 5.41) is 7.94. The molecule has 0 unspecified atom stereocenters. The molecule has 0 aliphatic carbocycles. The van der Waals surface area contributed by atoms with Gasteiger partial charge in [-0.25, -0.2) is 4.39 Å². The summed E-state index contributed by atoms with van der Waals surface area (Å²) >= 11 is 5.95. The number of nitrogens with zero attached hydrogens (tertiary/aromatic N) is 3. The van der Waals surface area contributed by atoms with Gasteiger partial charge in [0.15, 0.2) is 0 Å². The van der Waals surface area contributed by atoms with Gasteiger partial charge in [0.05, 0.1) is 5.69 Å². The zero-order valence-corrected chi connectivity index (χ0v) is 10.5. The Hall–Kier alpha value is -1.42. The van der Waals surface area contributed by atoms with Crippen molar-refractivity contribution in [2.45, 2.75) is 26.7 Å². The Balaban J connectivity index is 2.55. The van der Waals surface area contributed by atoms with E-state index in [2.05, 4.69) is 10.2 Å². The van der Waals surface area contributed by atoms with Crippen molar-refractivity contribution in [3.05, 3.63) is 40.7 Å². The normalized spacial score (nSPS) is 10.8. The van der Waals surface area contributed by atoms with Crippen molar-refractivity contribution in [2.24, 2.45) is 0 Å². The predicted molar refractivity (Wildman–Crippen MR) is 65.1 cm³/mol. The molecule has 0 aliphatic rings. The van der Waals surface area contributed by atoms with Crippen LogP contribution in [0.4, 0.5) is 4.39 Å². The maximum atomic E-state index is 13.9. The molecule has 0 atom stereocenters. The van der Waals surface area contributed by atoms with Crippen LogP contribution in [0.2, 0.25) is 5.28 Å². The number of halogens is 2. The molecule has 1 heterocycles. The molecule has 0 spiro atoms. The fourth-order valence-electron chi connectivity index (χ4n) is 1.71. The lowest BCUT2D eigenvalue weighted by atomic mass is 10.2. The summed E-state index contributed by atoms with van der Waals surface area (Å²) in [6, 6.07) is 5.00. The van der Waals surface area contributed by atoms with Gasteiger partial charge in [-0.1, -0.05) is 13.0 Å². The van der Waals surface area contributed by atoms with Crippen LogP contribution in [-0.4, -0.2) is 14.8 Å². The zero-order valence-electron chi connectivity index (χ0n) is 9.74. The van der Waals surface area contributed by atoms with Gasteiger partial charge in [-0.2, -0.15) is 0 Å². The smallest absolute Gasteiger partial charge is 0.229 e. The number of rotatable bonds is 3. The van der Waals surface area contributed by atoms with Crippen LogP contribution in [0.15, 0.2) is 18.2 Å². The molecular formula is C12H13ClFN3. The maximum absolute atomic E-state index is 13.9. The molecule has 1 aromatic carbocycles. The number of hydrogen-bond acceptors (Lipinski definition) is 2. The first-order valence-electron chi connectivity index (χ1n) is 5.49. The monoisotopic (exact) mass is 253 g/mol. The summed E-state index contributed by atoms with van der Waals surface area (Å²) in [5.74, 6) is 0.365. The van der Waals surface area contributed by atoms with Crippen LogP contribution < -0.4 is 0 Å². The Morgan fingerprint density at radius 1 is 1.35 bits per heavy atom. The lowest BCUT2D eigenvalue weighted by Gasteiger charge is -2.08. The van der Waals surface area contributed by atoms with E-state index < -0.39 is 0 Å². The van der Waals surface area contributed by atoms with E-state index >= 15 is 0 Å². The van der Waals surface area contributed by atoms with Crippen LogP contribution in [0.1, 0.15) is 24.7 Å². The molecule has 17 heavy (non-hydrogen) atoms. The molecule has 0 aliphatic heterocycles. The van der Waals surface area contributed by atoms with Crippen molar-refractivity contribution in [2.75, 3.05) is 0 Å². The third-order valence-corrected chi connectivity index (χ3v) is 2.75. The van der Waals surface area contributed by atoms with Crippen molar-refractivity contribution in [3.8, 4) is 5.69 Å². The lowest BCUT2D eigenvalue weighted by molar-refractivity contribution is 0.613. The molecule has 3 nitrogen and oxygen atoms in total. The second-order valence-electron chi connectivity index (χ2n) is 3.93. The number of hydrogen-bond donors (Lipinski definition) is 0. The van der Waals surface area contributed by atoms with Gasteiger partial charge < -0.3 is 0 Å². The standard InChI is InChI=1S/C12H13ClFN3/c1-3-4-11-15-16-12(13)17(11)10-6-5-8(2)7-9(10)14/h5-7H,3-4H2,1-2H3. The van der Waals surface area contributed by atoms with Crippen molar-refractivity contribution in [1.82, 2.24) is 14.8 Å². The van der Waals surface area contributed by atoms with Crippen LogP contribution >= 0.6 is 11.6 Å². The molecule has 90 valence electrons. The summed E-state index contributed by atoms with van der Waals surface area (Å²) in [4.78, 5) is 0. The van der Waals surface area contributed by atoms with E-state index in [0.717, 1.165) is 12.0 Å². The van der Waals surface area contributed by atoms with Crippen LogP contribution in [0, 0.1) is 12.7 Å². The molecule has 5 heteroatoms.